The van der Waals surface area contributed by atoms with E-state index in [1.165, 1.54) is 5.56 Å². The van der Waals surface area contributed by atoms with E-state index in [2.05, 4.69) is 15.5 Å². The van der Waals surface area contributed by atoms with Crippen molar-refractivity contribution in [3.8, 4) is 17.1 Å². The Balaban J connectivity index is 1.54. The first-order valence-electron chi connectivity index (χ1n) is 7.97. The van der Waals surface area contributed by atoms with Gasteiger partial charge in [-0.05, 0) is 31.2 Å². The monoisotopic (exact) mass is 337 g/mol. The van der Waals surface area contributed by atoms with Crippen molar-refractivity contribution in [2.75, 3.05) is 12.4 Å². The fourth-order valence-electron chi connectivity index (χ4n) is 2.29. The smallest absolute Gasteiger partial charge is 0.227 e. The number of hydrogen-bond donors (Lipinski definition) is 1. The van der Waals surface area contributed by atoms with Crippen molar-refractivity contribution in [1.29, 1.82) is 0 Å². The van der Waals surface area contributed by atoms with Gasteiger partial charge in [-0.1, -0.05) is 35.0 Å². The number of aryl methyl sites for hydroxylation is 2. The molecule has 128 valence electrons. The maximum atomic E-state index is 12.0. The van der Waals surface area contributed by atoms with Gasteiger partial charge in [0.05, 0.1) is 7.11 Å². The van der Waals surface area contributed by atoms with Crippen molar-refractivity contribution in [2.24, 2.45) is 0 Å². The summed E-state index contributed by atoms with van der Waals surface area (Å²) in [6.45, 7) is 2.02. The molecule has 0 fully saturated rings. The quantitative estimate of drug-likeness (QED) is 0.743. The summed E-state index contributed by atoms with van der Waals surface area (Å²) in [4.78, 5) is 16.4. The summed E-state index contributed by atoms with van der Waals surface area (Å²) in [5.74, 6) is 1.61. The van der Waals surface area contributed by atoms with Crippen LogP contribution in [0.1, 0.15) is 17.9 Å². The van der Waals surface area contributed by atoms with Gasteiger partial charge in [0.2, 0.25) is 17.6 Å². The Labute approximate surface area is 145 Å². The molecule has 1 aromatic heterocycles. The summed E-state index contributed by atoms with van der Waals surface area (Å²) in [5.41, 5.74) is 2.78. The number of aromatic nitrogens is 2. The molecule has 0 saturated heterocycles. The average Bonchev–Trinajstić information content (AvgIpc) is 3.10. The van der Waals surface area contributed by atoms with Crippen molar-refractivity contribution in [3.05, 3.63) is 60.0 Å². The minimum atomic E-state index is -0.111. The van der Waals surface area contributed by atoms with Crippen LogP contribution in [0.4, 0.5) is 5.69 Å². The Bertz CT molecular complexity index is 839. The van der Waals surface area contributed by atoms with Crippen LogP contribution >= 0.6 is 0 Å². The van der Waals surface area contributed by atoms with Crippen LogP contribution in [-0.4, -0.2) is 23.2 Å². The lowest BCUT2D eigenvalue weighted by atomic mass is 10.1. The first-order valence-corrected chi connectivity index (χ1v) is 7.97. The first kappa shape index (κ1) is 16.7. The minimum absolute atomic E-state index is 0.111. The van der Waals surface area contributed by atoms with Gasteiger partial charge in [-0.15, -0.1) is 0 Å². The molecule has 6 heteroatoms. The molecular formula is C19H19N3O3. The van der Waals surface area contributed by atoms with Crippen LogP contribution in [0.15, 0.2) is 53.1 Å². The number of amides is 1. The van der Waals surface area contributed by atoms with E-state index in [0.29, 0.717) is 18.1 Å². The largest absolute Gasteiger partial charge is 0.497 e. The van der Waals surface area contributed by atoms with Gasteiger partial charge < -0.3 is 14.6 Å². The average molecular weight is 337 g/mol. The van der Waals surface area contributed by atoms with Crippen LogP contribution in [0.25, 0.3) is 11.4 Å². The molecule has 0 radical (unpaired) electrons. The molecule has 0 saturated carbocycles. The van der Waals surface area contributed by atoms with E-state index in [1.807, 2.05) is 31.2 Å². The van der Waals surface area contributed by atoms with E-state index in [-0.39, 0.29) is 12.3 Å². The lowest BCUT2D eigenvalue weighted by molar-refractivity contribution is -0.116. The maximum absolute atomic E-state index is 12.0. The van der Waals surface area contributed by atoms with Crippen molar-refractivity contribution in [3.63, 3.8) is 0 Å². The Hall–Kier alpha value is -3.15. The molecule has 25 heavy (non-hydrogen) atoms. The van der Waals surface area contributed by atoms with Crippen LogP contribution in [0.3, 0.4) is 0 Å². The molecule has 3 aromatic rings. The summed E-state index contributed by atoms with van der Waals surface area (Å²) >= 11 is 0. The Morgan fingerprint density at radius 1 is 1.12 bits per heavy atom. The molecule has 3 rings (SSSR count). The Kier molecular flexibility index (Phi) is 5.09. The summed E-state index contributed by atoms with van der Waals surface area (Å²) in [6, 6.07) is 15.0. The van der Waals surface area contributed by atoms with Gasteiger partial charge >= 0.3 is 0 Å². The van der Waals surface area contributed by atoms with Gasteiger partial charge in [0.25, 0.3) is 0 Å². The number of anilines is 1. The third-order valence-electron chi connectivity index (χ3n) is 3.72. The van der Waals surface area contributed by atoms with E-state index in [1.54, 1.807) is 31.4 Å². The molecule has 0 unspecified atom stereocenters. The van der Waals surface area contributed by atoms with Gasteiger partial charge in [-0.3, -0.25) is 4.79 Å². The van der Waals surface area contributed by atoms with Crippen LogP contribution in [-0.2, 0) is 11.2 Å². The number of rotatable bonds is 6. The fourth-order valence-corrected chi connectivity index (χ4v) is 2.29. The van der Waals surface area contributed by atoms with Crippen LogP contribution in [0.2, 0.25) is 0 Å². The highest BCUT2D eigenvalue weighted by Crippen LogP contribution is 2.18. The van der Waals surface area contributed by atoms with Crippen LogP contribution in [0, 0.1) is 6.92 Å². The van der Waals surface area contributed by atoms with E-state index in [9.17, 15) is 4.79 Å². The lowest BCUT2D eigenvalue weighted by Gasteiger charge is -2.05. The normalized spacial score (nSPS) is 10.5. The second kappa shape index (κ2) is 7.61. The number of ether oxygens (including phenoxy) is 1. The van der Waals surface area contributed by atoms with Crippen molar-refractivity contribution in [2.45, 2.75) is 19.8 Å². The van der Waals surface area contributed by atoms with E-state index >= 15 is 0 Å². The third-order valence-corrected chi connectivity index (χ3v) is 3.72. The molecule has 0 aliphatic heterocycles. The van der Waals surface area contributed by atoms with E-state index in [4.69, 9.17) is 9.26 Å². The van der Waals surface area contributed by atoms with Crippen molar-refractivity contribution in [1.82, 2.24) is 10.1 Å². The molecular weight excluding hydrogens is 318 g/mol. The second-order valence-corrected chi connectivity index (χ2v) is 5.65. The molecule has 6 nitrogen and oxygen atoms in total. The summed E-state index contributed by atoms with van der Waals surface area (Å²) in [7, 11) is 1.60. The molecule has 1 heterocycles. The van der Waals surface area contributed by atoms with Gasteiger partial charge in [0.15, 0.2) is 0 Å². The molecule has 2 aromatic carbocycles. The molecule has 0 spiro atoms. The number of benzene rings is 2. The standard InChI is InChI=1S/C19H19N3O3/c1-13-3-5-14(6-4-13)19-21-18(25-22-19)12-11-17(23)20-15-7-9-16(24-2)10-8-15/h3-10H,11-12H2,1-2H3,(H,20,23). The highest BCUT2D eigenvalue weighted by molar-refractivity contribution is 5.90. The minimum Gasteiger partial charge on any atom is -0.497 e. The fraction of sp³-hybridized carbons (Fsp3) is 0.211. The summed E-state index contributed by atoms with van der Waals surface area (Å²) in [6.07, 6.45) is 0.655. The highest BCUT2D eigenvalue weighted by Gasteiger charge is 2.11. The SMILES string of the molecule is COc1ccc(NC(=O)CCc2nc(-c3ccc(C)cc3)no2)cc1. The molecule has 1 N–H and O–H groups in total. The van der Waals surface area contributed by atoms with Gasteiger partial charge in [-0.25, -0.2) is 0 Å². The number of nitrogens with zero attached hydrogens (tertiary/aromatic N) is 2. The summed E-state index contributed by atoms with van der Waals surface area (Å²) < 4.78 is 10.3. The van der Waals surface area contributed by atoms with E-state index < -0.39 is 0 Å². The number of hydrogen-bond acceptors (Lipinski definition) is 5. The highest BCUT2D eigenvalue weighted by atomic mass is 16.5. The molecule has 0 aliphatic rings. The zero-order chi connectivity index (χ0) is 17.6. The Morgan fingerprint density at radius 3 is 2.52 bits per heavy atom. The second-order valence-electron chi connectivity index (χ2n) is 5.65. The van der Waals surface area contributed by atoms with Crippen molar-refractivity contribution < 1.29 is 14.1 Å². The zero-order valence-electron chi connectivity index (χ0n) is 14.2. The molecule has 0 bridgehead atoms. The zero-order valence-corrected chi connectivity index (χ0v) is 14.2. The lowest BCUT2D eigenvalue weighted by Crippen LogP contribution is -2.12. The number of nitrogens with one attached hydrogen (secondary N) is 1. The Morgan fingerprint density at radius 2 is 1.84 bits per heavy atom. The molecule has 1 amide bonds. The third kappa shape index (κ3) is 4.44. The van der Waals surface area contributed by atoms with Crippen molar-refractivity contribution >= 4 is 11.6 Å². The topological polar surface area (TPSA) is 77.2 Å². The number of carbonyl (C=O) groups excluding carboxylic acids is 1. The van der Waals surface area contributed by atoms with Crippen LogP contribution < -0.4 is 10.1 Å². The predicted molar refractivity (Wildman–Crippen MR) is 94.4 cm³/mol. The van der Waals surface area contributed by atoms with Gasteiger partial charge in [0.1, 0.15) is 5.75 Å². The van der Waals surface area contributed by atoms with E-state index in [0.717, 1.165) is 17.0 Å². The first-order chi connectivity index (χ1) is 12.1. The number of methoxy groups -OCH3 is 1. The van der Waals surface area contributed by atoms with Crippen LogP contribution in [0.5, 0.6) is 5.75 Å². The maximum Gasteiger partial charge on any atom is 0.227 e. The van der Waals surface area contributed by atoms with Gasteiger partial charge in [0, 0.05) is 24.1 Å². The predicted octanol–water partition coefficient (Wildman–Crippen LogP) is 3.62. The molecule has 0 aliphatic carbocycles. The van der Waals surface area contributed by atoms with Gasteiger partial charge in [-0.2, -0.15) is 4.98 Å². The number of carbonyl (C=O) groups is 1. The molecule has 0 atom stereocenters. The summed E-state index contributed by atoms with van der Waals surface area (Å²) in [5, 5.41) is 6.79.